The maximum Gasteiger partial charge on any atom is 0.416 e. The molecule has 8 heteroatoms. The van der Waals surface area contributed by atoms with E-state index >= 15 is 0 Å². The lowest BCUT2D eigenvalue weighted by Gasteiger charge is -2.23. The number of carbonyl (C=O) groups is 1. The molecule has 0 radical (unpaired) electrons. The van der Waals surface area contributed by atoms with Crippen molar-refractivity contribution in [3.63, 3.8) is 0 Å². The Bertz CT molecular complexity index is 691. The molecule has 122 valence electrons. The lowest BCUT2D eigenvalue weighted by atomic mass is 9.85. The van der Waals surface area contributed by atoms with Crippen molar-refractivity contribution in [2.24, 2.45) is 5.92 Å². The molecule has 1 N–H and O–H groups in total. The predicted octanol–water partition coefficient (Wildman–Crippen LogP) is 3.17. The highest BCUT2D eigenvalue weighted by Gasteiger charge is 2.30. The van der Waals surface area contributed by atoms with E-state index in [-0.39, 0.29) is 30.1 Å². The van der Waals surface area contributed by atoms with Gasteiger partial charge in [-0.25, -0.2) is 0 Å². The summed E-state index contributed by atoms with van der Waals surface area (Å²) in [6.45, 7) is 0.114. The summed E-state index contributed by atoms with van der Waals surface area (Å²) in [4.78, 5) is 15.8. The van der Waals surface area contributed by atoms with Gasteiger partial charge < -0.3 is 9.84 Å². The van der Waals surface area contributed by atoms with Gasteiger partial charge in [0.25, 0.3) is 0 Å². The Hall–Kier alpha value is -2.38. The van der Waals surface area contributed by atoms with Gasteiger partial charge in [-0.15, -0.1) is 0 Å². The fourth-order valence-electron chi connectivity index (χ4n) is 2.23. The van der Waals surface area contributed by atoms with E-state index in [0.29, 0.717) is 5.56 Å². The molecule has 0 saturated heterocycles. The molecule has 1 fully saturated rings. The molecule has 5 nitrogen and oxygen atoms in total. The zero-order chi connectivity index (χ0) is 16.4. The Kier molecular flexibility index (Phi) is 4.06. The minimum absolute atomic E-state index is 0.0365. The standard InChI is InChI=1S/C15H14F3N3O2/c16-15(17,18)11-6-4-9(5-7-11)13-20-12(23-21-13)8-19-14(22)10-2-1-3-10/h4-7,10H,1-3,8H2,(H,19,22). The zero-order valence-corrected chi connectivity index (χ0v) is 12.1. The van der Waals surface area contributed by atoms with Gasteiger partial charge in [-0.05, 0) is 25.0 Å². The van der Waals surface area contributed by atoms with Crippen molar-refractivity contribution < 1.29 is 22.5 Å². The molecular formula is C15H14F3N3O2. The Morgan fingerprint density at radius 1 is 1.26 bits per heavy atom. The minimum Gasteiger partial charge on any atom is -0.347 e. The third-order valence-electron chi connectivity index (χ3n) is 3.83. The second-order valence-electron chi connectivity index (χ2n) is 5.43. The molecule has 0 bridgehead atoms. The number of rotatable bonds is 4. The highest BCUT2D eigenvalue weighted by Crippen LogP contribution is 2.30. The molecule has 3 rings (SSSR count). The quantitative estimate of drug-likeness (QED) is 0.937. The first-order chi connectivity index (χ1) is 10.9. The molecule has 1 heterocycles. The minimum atomic E-state index is -4.38. The van der Waals surface area contributed by atoms with E-state index in [4.69, 9.17) is 4.52 Å². The van der Waals surface area contributed by atoms with Gasteiger partial charge in [0.2, 0.25) is 17.6 Å². The van der Waals surface area contributed by atoms with Crippen molar-refractivity contribution in [2.45, 2.75) is 32.0 Å². The number of halogens is 3. The van der Waals surface area contributed by atoms with E-state index in [2.05, 4.69) is 15.5 Å². The van der Waals surface area contributed by atoms with Gasteiger partial charge >= 0.3 is 6.18 Å². The molecule has 0 unspecified atom stereocenters. The van der Waals surface area contributed by atoms with Crippen LogP contribution in [0.15, 0.2) is 28.8 Å². The van der Waals surface area contributed by atoms with Crippen molar-refractivity contribution in [1.29, 1.82) is 0 Å². The number of aromatic nitrogens is 2. The number of alkyl halides is 3. The Morgan fingerprint density at radius 3 is 2.52 bits per heavy atom. The second-order valence-corrected chi connectivity index (χ2v) is 5.43. The van der Waals surface area contributed by atoms with E-state index < -0.39 is 11.7 Å². The van der Waals surface area contributed by atoms with E-state index in [9.17, 15) is 18.0 Å². The summed E-state index contributed by atoms with van der Waals surface area (Å²) in [6, 6.07) is 4.49. The van der Waals surface area contributed by atoms with Crippen molar-refractivity contribution in [3.8, 4) is 11.4 Å². The van der Waals surface area contributed by atoms with Gasteiger partial charge in [-0.1, -0.05) is 23.7 Å². The van der Waals surface area contributed by atoms with Crippen LogP contribution in [0.5, 0.6) is 0 Å². The maximum absolute atomic E-state index is 12.5. The second kappa shape index (κ2) is 6.02. The molecular weight excluding hydrogens is 311 g/mol. The molecule has 1 saturated carbocycles. The molecule has 1 aromatic heterocycles. The summed E-state index contributed by atoms with van der Waals surface area (Å²) in [5, 5.41) is 6.43. The first kappa shape index (κ1) is 15.5. The lowest BCUT2D eigenvalue weighted by Crippen LogP contribution is -2.34. The van der Waals surface area contributed by atoms with Gasteiger partial charge in [0, 0.05) is 11.5 Å². The van der Waals surface area contributed by atoms with Crippen LogP contribution in [0.1, 0.15) is 30.7 Å². The smallest absolute Gasteiger partial charge is 0.347 e. The van der Waals surface area contributed by atoms with Crippen LogP contribution in [0.2, 0.25) is 0 Å². The maximum atomic E-state index is 12.5. The number of benzene rings is 1. The van der Waals surface area contributed by atoms with E-state index in [1.54, 1.807) is 0 Å². The Labute approximate surface area is 129 Å². The molecule has 23 heavy (non-hydrogen) atoms. The number of amides is 1. The van der Waals surface area contributed by atoms with Crippen LogP contribution in [-0.2, 0) is 17.5 Å². The number of hydrogen-bond donors (Lipinski definition) is 1. The van der Waals surface area contributed by atoms with Gasteiger partial charge in [0.15, 0.2) is 0 Å². The van der Waals surface area contributed by atoms with Crippen LogP contribution in [0.3, 0.4) is 0 Å². The van der Waals surface area contributed by atoms with Crippen LogP contribution in [0.25, 0.3) is 11.4 Å². The largest absolute Gasteiger partial charge is 0.416 e. The lowest BCUT2D eigenvalue weighted by molar-refractivity contribution is -0.137. The predicted molar refractivity (Wildman–Crippen MR) is 73.9 cm³/mol. The van der Waals surface area contributed by atoms with Crippen molar-refractivity contribution in [2.75, 3.05) is 0 Å². The normalized spacial score (nSPS) is 15.3. The average Bonchev–Trinajstić information content (AvgIpc) is 2.91. The van der Waals surface area contributed by atoms with Gasteiger partial charge in [-0.2, -0.15) is 18.2 Å². The number of carbonyl (C=O) groups excluding carboxylic acids is 1. The molecule has 1 aliphatic rings. The monoisotopic (exact) mass is 325 g/mol. The summed E-state index contributed by atoms with van der Waals surface area (Å²) in [7, 11) is 0. The van der Waals surface area contributed by atoms with E-state index in [1.807, 2.05) is 0 Å². The van der Waals surface area contributed by atoms with Crippen molar-refractivity contribution in [1.82, 2.24) is 15.5 Å². The van der Waals surface area contributed by atoms with Crippen LogP contribution >= 0.6 is 0 Å². The van der Waals surface area contributed by atoms with E-state index in [0.717, 1.165) is 31.4 Å². The van der Waals surface area contributed by atoms with Gasteiger partial charge in [0.05, 0.1) is 12.1 Å². The van der Waals surface area contributed by atoms with Crippen LogP contribution in [0.4, 0.5) is 13.2 Å². The van der Waals surface area contributed by atoms with Crippen LogP contribution in [0, 0.1) is 5.92 Å². The molecule has 0 spiro atoms. The number of nitrogens with one attached hydrogen (secondary N) is 1. The SMILES string of the molecule is O=C(NCc1nc(-c2ccc(C(F)(F)F)cc2)no1)C1CCC1. The van der Waals surface area contributed by atoms with Crippen molar-refractivity contribution >= 4 is 5.91 Å². The molecule has 1 aliphatic carbocycles. The molecule has 0 atom stereocenters. The van der Waals surface area contributed by atoms with E-state index in [1.165, 1.54) is 12.1 Å². The van der Waals surface area contributed by atoms with Gasteiger partial charge in [0.1, 0.15) is 0 Å². The Morgan fingerprint density at radius 2 is 1.96 bits per heavy atom. The third-order valence-corrected chi connectivity index (χ3v) is 3.83. The zero-order valence-electron chi connectivity index (χ0n) is 12.1. The number of hydrogen-bond acceptors (Lipinski definition) is 4. The topological polar surface area (TPSA) is 68.0 Å². The summed E-state index contributed by atoms with van der Waals surface area (Å²) in [5.74, 6) is 0.428. The summed E-state index contributed by atoms with van der Waals surface area (Å²) in [6.07, 6.45) is -1.53. The third kappa shape index (κ3) is 3.52. The molecule has 1 amide bonds. The molecule has 2 aromatic rings. The first-order valence-electron chi connectivity index (χ1n) is 7.21. The highest BCUT2D eigenvalue weighted by molar-refractivity contribution is 5.79. The fourth-order valence-corrected chi connectivity index (χ4v) is 2.23. The highest BCUT2D eigenvalue weighted by atomic mass is 19.4. The molecule has 1 aromatic carbocycles. The average molecular weight is 325 g/mol. The van der Waals surface area contributed by atoms with Crippen LogP contribution < -0.4 is 5.32 Å². The first-order valence-corrected chi connectivity index (χ1v) is 7.21. The molecule has 0 aliphatic heterocycles. The summed E-state index contributed by atoms with van der Waals surface area (Å²) < 4.78 is 42.5. The fraction of sp³-hybridized carbons (Fsp3) is 0.400. The van der Waals surface area contributed by atoms with Crippen molar-refractivity contribution in [3.05, 3.63) is 35.7 Å². The summed E-state index contributed by atoms with van der Waals surface area (Å²) in [5.41, 5.74) is -0.323. The van der Waals surface area contributed by atoms with Crippen LogP contribution in [-0.4, -0.2) is 16.0 Å². The number of nitrogens with zero attached hydrogens (tertiary/aromatic N) is 2. The van der Waals surface area contributed by atoms with Gasteiger partial charge in [-0.3, -0.25) is 4.79 Å². The Balaban J connectivity index is 1.63. The summed E-state index contributed by atoms with van der Waals surface area (Å²) >= 11 is 0.